The Hall–Kier alpha value is -2.51. The lowest BCUT2D eigenvalue weighted by Crippen LogP contribution is -2.12. The highest BCUT2D eigenvalue weighted by molar-refractivity contribution is 5.46. The fourth-order valence-electron chi connectivity index (χ4n) is 4.35. The number of aryl methyl sites for hydroxylation is 2. The van der Waals surface area contributed by atoms with E-state index < -0.39 is 0 Å². The van der Waals surface area contributed by atoms with E-state index in [2.05, 4.69) is 68.2 Å². The quantitative estimate of drug-likeness (QED) is 0.485. The lowest BCUT2D eigenvalue weighted by atomic mass is 9.78. The van der Waals surface area contributed by atoms with E-state index in [9.17, 15) is 5.26 Å². The summed E-state index contributed by atoms with van der Waals surface area (Å²) >= 11 is 0. The molecule has 1 aliphatic carbocycles. The van der Waals surface area contributed by atoms with Gasteiger partial charge in [-0.2, -0.15) is 5.26 Å². The van der Waals surface area contributed by atoms with Gasteiger partial charge in [-0.05, 0) is 79.7 Å². The van der Waals surface area contributed by atoms with Crippen molar-refractivity contribution in [2.75, 3.05) is 0 Å². The van der Waals surface area contributed by atoms with E-state index in [-0.39, 0.29) is 0 Å². The molecule has 1 saturated carbocycles. The maximum atomic E-state index is 9.45. The molecule has 0 atom stereocenters. The number of nitriles is 1. The third kappa shape index (κ3) is 5.98. The molecule has 0 aliphatic heterocycles. The minimum absolute atomic E-state index is 0.482. The smallest absolute Gasteiger partial charge is 0.0994 e. The second-order valence-corrected chi connectivity index (χ2v) is 8.40. The average Bonchev–Trinajstić information content (AvgIpc) is 2.77. The highest BCUT2D eigenvalue weighted by Crippen LogP contribution is 2.35. The van der Waals surface area contributed by atoms with Gasteiger partial charge in [0.05, 0.1) is 11.6 Å². The molecule has 0 radical (unpaired) electrons. The van der Waals surface area contributed by atoms with Crippen molar-refractivity contribution in [2.45, 2.75) is 77.6 Å². The molecule has 29 heavy (non-hydrogen) atoms. The highest BCUT2D eigenvalue weighted by atomic mass is 14.3. The molecule has 1 fully saturated rings. The Balaban J connectivity index is 1.57. The van der Waals surface area contributed by atoms with Crippen LogP contribution in [0.4, 0.5) is 0 Å². The molecule has 1 heteroatoms. The first-order chi connectivity index (χ1) is 14.2. The molecular formula is C28H33N. The SMILES string of the molecule is CCCCc1ccc(C#C[C@H]2CC[C@H](c3ccc(CCC)cc3)CC2)cc1C#N. The summed E-state index contributed by atoms with van der Waals surface area (Å²) in [7, 11) is 0. The number of hydrogen-bond donors (Lipinski definition) is 0. The summed E-state index contributed by atoms with van der Waals surface area (Å²) in [6, 6.07) is 17.8. The number of rotatable bonds is 6. The van der Waals surface area contributed by atoms with Gasteiger partial charge in [0.25, 0.3) is 0 Å². The van der Waals surface area contributed by atoms with E-state index in [4.69, 9.17) is 0 Å². The molecular weight excluding hydrogens is 350 g/mol. The van der Waals surface area contributed by atoms with E-state index in [1.165, 1.54) is 49.7 Å². The van der Waals surface area contributed by atoms with Gasteiger partial charge in [0.15, 0.2) is 0 Å². The van der Waals surface area contributed by atoms with Crippen LogP contribution in [0.3, 0.4) is 0 Å². The highest BCUT2D eigenvalue weighted by Gasteiger charge is 2.21. The normalized spacial score (nSPS) is 18.5. The van der Waals surface area contributed by atoms with Gasteiger partial charge in [0, 0.05) is 11.5 Å². The summed E-state index contributed by atoms with van der Waals surface area (Å²) in [5.41, 5.74) is 5.88. The summed E-state index contributed by atoms with van der Waals surface area (Å²) in [4.78, 5) is 0. The Morgan fingerprint density at radius 1 is 0.897 bits per heavy atom. The predicted octanol–water partition coefficient (Wildman–Crippen LogP) is 7.18. The Morgan fingerprint density at radius 2 is 1.66 bits per heavy atom. The van der Waals surface area contributed by atoms with Crippen molar-refractivity contribution in [3.05, 3.63) is 70.3 Å². The molecule has 0 bridgehead atoms. The molecule has 150 valence electrons. The van der Waals surface area contributed by atoms with Crippen LogP contribution in [0.5, 0.6) is 0 Å². The van der Waals surface area contributed by atoms with Crippen LogP contribution >= 0.6 is 0 Å². The van der Waals surface area contributed by atoms with Gasteiger partial charge in [0.1, 0.15) is 0 Å². The van der Waals surface area contributed by atoms with Gasteiger partial charge in [-0.1, -0.05) is 68.9 Å². The Morgan fingerprint density at radius 3 is 2.31 bits per heavy atom. The van der Waals surface area contributed by atoms with Crippen molar-refractivity contribution in [3.8, 4) is 17.9 Å². The van der Waals surface area contributed by atoms with E-state index in [1.807, 2.05) is 6.07 Å². The molecule has 2 aromatic carbocycles. The summed E-state index contributed by atoms with van der Waals surface area (Å²) in [6.07, 6.45) is 10.5. The number of benzene rings is 2. The first kappa shape index (κ1) is 21.2. The van der Waals surface area contributed by atoms with Crippen LogP contribution in [0.1, 0.15) is 92.5 Å². The van der Waals surface area contributed by atoms with Crippen molar-refractivity contribution in [3.63, 3.8) is 0 Å². The van der Waals surface area contributed by atoms with Crippen molar-refractivity contribution >= 4 is 0 Å². The minimum atomic E-state index is 0.482. The maximum absolute atomic E-state index is 9.45. The average molecular weight is 384 g/mol. The van der Waals surface area contributed by atoms with Crippen LogP contribution < -0.4 is 0 Å². The summed E-state index contributed by atoms with van der Waals surface area (Å²) in [6.45, 7) is 4.42. The second-order valence-electron chi connectivity index (χ2n) is 8.40. The molecule has 1 nitrogen and oxygen atoms in total. The van der Waals surface area contributed by atoms with Crippen LogP contribution in [0, 0.1) is 29.1 Å². The van der Waals surface area contributed by atoms with Crippen LogP contribution in [-0.4, -0.2) is 0 Å². The van der Waals surface area contributed by atoms with E-state index in [0.717, 1.165) is 36.0 Å². The fourth-order valence-corrected chi connectivity index (χ4v) is 4.35. The van der Waals surface area contributed by atoms with Gasteiger partial charge < -0.3 is 0 Å². The fraction of sp³-hybridized carbons (Fsp3) is 0.464. The third-order valence-electron chi connectivity index (χ3n) is 6.17. The largest absolute Gasteiger partial charge is 0.192 e. The first-order valence-corrected chi connectivity index (χ1v) is 11.4. The molecule has 0 spiro atoms. The maximum Gasteiger partial charge on any atom is 0.0994 e. The molecule has 3 rings (SSSR count). The number of nitrogens with zero attached hydrogens (tertiary/aromatic N) is 1. The van der Waals surface area contributed by atoms with Gasteiger partial charge in [-0.3, -0.25) is 0 Å². The van der Waals surface area contributed by atoms with Gasteiger partial charge in [-0.15, -0.1) is 0 Å². The standard InChI is InChI=1S/C28H33N/c1-3-5-7-25-19-14-24(20-28(25)21-29)9-8-23-12-17-27(18-13-23)26-15-10-22(6-4-2)11-16-26/h10-11,14-16,19-20,23,27H,3-7,12-13,17-18H2,1-2H3/t23-,27-. The Bertz CT molecular complexity index is 881. The van der Waals surface area contributed by atoms with Crippen LogP contribution in [0.15, 0.2) is 42.5 Å². The molecule has 0 heterocycles. The minimum Gasteiger partial charge on any atom is -0.192 e. The molecule has 2 aromatic rings. The first-order valence-electron chi connectivity index (χ1n) is 11.4. The van der Waals surface area contributed by atoms with E-state index in [0.29, 0.717) is 11.8 Å². The third-order valence-corrected chi connectivity index (χ3v) is 6.17. The summed E-state index contributed by atoms with van der Waals surface area (Å²) in [5.74, 6) is 8.01. The van der Waals surface area contributed by atoms with Crippen molar-refractivity contribution in [1.29, 1.82) is 5.26 Å². The predicted molar refractivity (Wildman–Crippen MR) is 122 cm³/mol. The lowest BCUT2D eigenvalue weighted by Gasteiger charge is -2.26. The molecule has 0 unspecified atom stereocenters. The van der Waals surface area contributed by atoms with E-state index >= 15 is 0 Å². The van der Waals surface area contributed by atoms with Gasteiger partial charge in [0.2, 0.25) is 0 Å². The monoisotopic (exact) mass is 383 g/mol. The summed E-state index contributed by atoms with van der Waals surface area (Å²) in [5, 5.41) is 9.45. The van der Waals surface area contributed by atoms with Crippen LogP contribution in [-0.2, 0) is 12.8 Å². The van der Waals surface area contributed by atoms with Crippen molar-refractivity contribution in [2.24, 2.45) is 5.92 Å². The molecule has 0 N–H and O–H groups in total. The van der Waals surface area contributed by atoms with Crippen molar-refractivity contribution in [1.82, 2.24) is 0 Å². The van der Waals surface area contributed by atoms with Gasteiger partial charge >= 0.3 is 0 Å². The Kier molecular flexibility index (Phi) is 7.95. The topological polar surface area (TPSA) is 23.8 Å². The zero-order valence-corrected chi connectivity index (χ0v) is 18.0. The number of unbranched alkanes of at least 4 members (excludes halogenated alkanes) is 1. The zero-order valence-electron chi connectivity index (χ0n) is 18.0. The summed E-state index contributed by atoms with van der Waals surface area (Å²) < 4.78 is 0. The second kappa shape index (κ2) is 10.9. The van der Waals surface area contributed by atoms with E-state index in [1.54, 1.807) is 0 Å². The zero-order chi connectivity index (χ0) is 20.5. The number of hydrogen-bond acceptors (Lipinski definition) is 1. The molecule has 0 amide bonds. The van der Waals surface area contributed by atoms with Crippen molar-refractivity contribution < 1.29 is 0 Å². The molecule has 0 aromatic heterocycles. The van der Waals surface area contributed by atoms with Crippen LogP contribution in [0.2, 0.25) is 0 Å². The molecule has 0 saturated heterocycles. The van der Waals surface area contributed by atoms with Crippen LogP contribution in [0.25, 0.3) is 0 Å². The van der Waals surface area contributed by atoms with Gasteiger partial charge in [-0.25, -0.2) is 0 Å². The molecule has 1 aliphatic rings. The Labute approximate surface area is 177 Å². The lowest BCUT2D eigenvalue weighted by molar-refractivity contribution is 0.384.